The van der Waals surface area contributed by atoms with Crippen LogP contribution in [-0.4, -0.2) is 4.89 Å². The molecule has 1 aliphatic carbocycles. The van der Waals surface area contributed by atoms with Crippen molar-refractivity contribution in [2.24, 2.45) is 0 Å². The molecule has 15 rings (SSSR count). The number of rotatable bonds is 6. The van der Waals surface area contributed by atoms with E-state index in [9.17, 15) is 9.46 Å². The van der Waals surface area contributed by atoms with Gasteiger partial charge in [-0.2, -0.15) is 0 Å². The molecule has 4 heterocycles. The second-order valence-corrected chi connectivity index (χ2v) is 17.9. The van der Waals surface area contributed by atoms with Gasteiger partial charge in [-0.1, -0.05) is 170 Å². The number of hydrogen-bond acceptors (Lipinski definition) is 3. The lowest BCUT2D eigenvalue weighted by atomic mass is 9.73. The highest BCUT2D eigenvalue weighted by atomic mass is 31.2. The summed E-state index contributed by atoms with van der Waals surface area (Å²) in [7, 11) is -4.87. The van der Waals surface area contributed by atoms with Crippen molar-refractivity contribution in [3.8, 4) is 123 Å². The van der Waals surface area contributed by atoms with Crippen molar-refractivity contribution in [3.63, 3.8) is 0 Å². The van der Waals surface area contributed by atoms with E-state index < -0.39 is 7.82 Å². The highest BCUT2D eigenvalue weighted by Crippen LogP contribution is 2.58. The predicted molar refractivity (Wildman–Crippen MR) is 265 cm³/mol. The third kappa shape index (κ3) is 7.06. The van der Waals surface area contributed by atoms with Gasteiger partial charge < -0.3 is 9.05 Å². The van der Waals surface area contributed by atoms with Gasteiger partial charge in [0, 0.05) is 11.1 Å². The Balaban J connectivity index is 1.09. The third-order valence-corrected chi connectivity index (χ3v) is 13.4. The summed E-state index contributed by atoms with van der Waals surface area (Å²) in [5.41, 5.74) is 20.0. The monoisotopic (exact) mass is 854 g/mol. The smallest absolute Gasteiger partial charge is 0.395 e. The fraction of sp³-hybridized carbons (Fsp3) is 0. The molecular weight excluding hydrogens is 816 g/mol. The average Bonchev–Trinajstić information content (AvgIpc) is 3.36. The lowest BCUT2D eigenvalue weighted by Crippen LogP contribution is -2.03. The fourth-order valence-electron chi connectivity index (χ4n) is 9.54. The Morgan fingerprint density at radius 1 is 0.262 bits per heavy atom. The topological polar surface area (TPSA) is 55.8 Å². The minimum atomic E-state index is -4.87. The van der Waals surface area contributed by atoms with Crippen molar-refractivity contribution in [1.29, 1.82) is 0 Å². The standard InChI is InChI=1S/C60H39O4P/c61-65(62)63-57-29-27-43(37-55(57)49-33-45(39-15-5-1-6-16-39)31-46(34-49)40-17-7-2-8-18-40)51-23-13-25-53-54-26-14-24-52(60(54)59(51)53)44-28-30-58(64-65)56(38-44)50-35-47(41-19-9-3-10-20-41)32-48(36-50)42-21-11-4-12-22-42/h1-38H,(H,61,62). The van der Waals surface area contributed by atoms with Gasteiger partial charge in [0.25, 0.3) is 0 Å². The average molecular weight is 855 g/mol. The van der Waals surface area contributed by atoms with Gasteiger partial charge in [-0.25, -0.2) is 4.57 Å². The molecule has 0 amide bonds. The molecule has 0 aromatic heterocycles. The van der Waals surface area contributed by atoms with Crippen LogP contribution in [-0.2, 0) is 4.57 Å². The maximum Gasteiger partial charge on any atom is 0.584 e. The molecule has 0 saturated carbocycles. The molecule has 5 heteroatoms. The molecule has 5 aliphatic rings. The van der Waals surface area contributed by atoms with Crippen LogP contribution >= 0.6 is 7.82 Å². The summed E-state index contributed by atoms with van der Waals surface area (Å²) < 4.78 is 27.3. The third-order valence-electron chi connectivity index (χ3n) is 12.6. The molecule has 0 spiro atoms. The van der Waals surface area contributed by atoms with Gasteiger partial charge >= 0.3 is 7.82 Å². The van der Waals surface area contributed by atoms with E-state index in [4.69, 9.17) is 9.05 Å². The fourth-order valence-corrected chi connectivity index (χ4v) is 10.4. The summed E-state index contributed by atoms with van der Waals surface area (Å²) in [6.45, 7) is 0. The molecule has 1 N–H and O–H groups in total. The highest BCUT2D eigenvalue weighted by molar-refractivity contribution is 7.48. The molecule has 4 aliphatic heterocycles. The van der Waals surface area contributed by atoms with Crippen molar-refractivity contribution in [2.45, 2.75) is 0 Å². The molecule has 10 aromatic carbocycles. The summed E-state index contributed by atoms with van der Waals surface area (Å²) in [6, 6.07) is 78.6. The van der Waals surface area contributed by atoms with Crippen molar-refractivity contribution >= 4 is 7.82 Å². The van der Waals surface area contributed by atoms with Gasteiger partial charge in [-0.05, 0) is 161 Å². The molecule has 65 heavy (non-hydrogen) atoms. The first kappa shape index (κ1) is 38.6. The first-order valence-electron chi connectivity index (χ1n) is 21.7. The van der Waals surface area contributed by atoms with E-state index in [0.717, 1.165) is 77.9 Å². The molecule has 4 bridgehead atoms. The zero-order chi connectivity index (χ0) is 43.5. The van der Waals surface area contributed by atoms with Crippen molar-refractivity contribution in [2.75, 3.05) is 0 Å². The highest BCUT2D eigenvalue weighted by Gasteiger charge is 2.33. The maximum absolute atomic E-state index is 14.7. The van der Waals surface area contributed by atoms with Crippen LogP contribution < -0.4 is 9.05 Å². The Bertz CT molecular complexity index is 3170. The molecule has 0 fully saturated rings. The molecule has 10 aromatic rings. The molecule has 0 unspecified atom stereocenters. The van der Waals surface area contributed by atoms with Crippen LogP contribution in [0.1, 0.15) is 0 Å². The Hall–Kier alpha value is -8.01. The quantitative estimate of drug-likeness (QED) is 0.169. The van der Waals surface area contributed by atoms with Crippen LogP contribution in [0.3, 0.4) is 0 Å². The zero-order valence-corrected chi connectivity index (χ0v) is 36.0. The molecule has 308 valence electrons. The molecule has 0 radical (unpaired) electrons. The number of hydrogen-bond donors (Lipinski definition) is 1. The number of phosphoric ester groups is 1. The normalized spacial score (nSPS) is 12.8. The van der Waals surface area contributed by atoms with E-state index in [0.29, 0.717) is 11.1 Å². The van der Waals surface area contributed by atoms with E-state index in [1.54, 1.807) is 12.1 Å². The van der Waals surface area contributed by atoms with E-state index in [1.165, 1.54) is 22.3 Å². The van der Waals surface area contributed by atoms with Crippen LogP contribution in [0.15, 0.2) is 231 Å². The van der Waals surface area contributed by atoms with Gasteiger partial charge in [0.05, 0.1) is 0 Å². The van der Waals surface area contributed by atoms with Crippen molar-refractivity contribution in [1.82, 2.24) is 0 Å². The van der Waals surface area contributed by atoms with Gasteiger partial charge in [0.15, 0.2) is 0 Å². The van der Waals surface area contributed by atoms with E-state index in [2.05, 4.69) is 133 Å². The minimum Gasteiger partial charge on any atom is -0.395 e. The van der Waals surface area contributed by atoms with Gasteiger partial charge in [0.2, 0.25) is 0 Å². The van der Waals surface area contributed by atoms with Crippen molar-refractivity contribution in [3.05, 3.63) is 231 Å². The van der Waals surface area contributed by atoms with Crippen LogP contribution in [0, 0.1) is 0 Å². The summed E-state index contributed by atoms with van der Waals surface area (Å²) in [4.78, 5) is 12.0. The summed E-state index contributed by atoms with van der Waals surface area (Å²) >= 11 is 0. The largest absolute Gasteiger partial charge is 0.584 e. The molecular formula is C60H39O4P. The second-order valence-electron chi connectivity index (χ2n) is 16.6. The lowest BCUT2D eigenvalue weighted by Gasteiger charge is -2.30. The van der Waals surface area contributed by atoms with Crippen LogP contribution in [0.25, 0.3) is 111 Å². The van der Waals surface area contributed by atoms with E-state index >= 15 is 0 Å². The van der Waals surface area contributed by atoms with Crippen molar-refractivity contribution < 1.29 is 18.5 Å². The minimum absolute atomic E-state index is 0.227. The molecule has 0 atom stereocenters. The summed E-state index contributed by atoms with van der Waals surface area (Å²) in [5, 5.41) is 0. The molecule has 4 nitrogen and oxygen atoms in total. The molecule has 0 saturated heterocycles. The number of benzene rings is 10. The maximum atomic E-state index is 14.7. The first-order valence-corrected chi connectivity index (χ1v) is 23.2. The number of fused-ring (bicyclic) bond motifs is 1. The Kier molecular flexibility index (Phi) is 9.31. The first-order chi connectivity index (χ1) is 31.9. The van der Waals surface area contributed by atoms with Crippen LogP contribution in [0.5, 0.6) is 11.5 Å². The van der Waals surface area contributed by atoms with Gasteiger partial charge in [-0.3, -0.25) is 4.89 Å². The Morgan fingerprint density at radius 2 is 0.569 bits per heavy atom. The van der Waals surface area contributed by atoms with E-state index in [-0.39, 0.29) is 11.5 Å². The lowest BCUT2D eigenvalue weighted by molar-refractivity contribution is 0.291. The van der Waals surface area contributed by atoms with Gasteiger partial charge in [0.1, 0.15) is 11.5 Å². The van der Waals surface area contributed by atoms with Gasteiger partial charge in [-0.15, -0.1) is 0 Å². The second kappa shape index (κ2) is 15.7. The Morgan fingerprint density at radius 3 is 0.908 bits per heavy atom. The Labute approximate surface area is 378 Å². The summed E-state index contributed by atoms with van der Waals surface area (Å²) in [6.07, 6.45) is 0. The van der Waals surface area contributed by atoms with E-state index in [1.807, 2.05) is 84.9 Å². The van der Waals surface area contributed by atoms with Crippen LogP contribution in [0.4, 0.5) is 0 Å². The number of phosphoric acid groups is 1. The summed E-state index contributed by atoms with van der Waals surface area (Å²) in [5.74, 6) is 0.454. The SMILES string of the molecule is O=P1(O)Oc2ccc(cc2-c2cc(-c3ccccc3)cc(-c3ccccc3)c2)-c2cccc3c2-c2c(cccc2-3)-c2ccc(c(-c3cc(-c4ccccc4)cc(-c4ccccc4)c3)c2)O1. The predicted octanol–water partition coefficient (Wildman–Crippen LogP) is 16.5. The zero-order valence-electron chi connectivity index (χ0n) is 35.1. The van der Waals surface area contributed by atoms with Crippen LogP contribution in [0.2, 0.25) is 0 Å².